The van der Waals surface area contributed by atoms with E-state index in [0.717, 1.165) is 0 Å². The van der Waals surface area contributed by atoms with Crippen LogP contribution < -0.4 is 0 Å². The normalized spacial score (nSPS) is 12.8. The number of allylic oxidation sites excluding steroid dienone is 2. The quantitative estimate of drug-likeness (QED) is 0.521. The van der Waals surface area contributed by atoms with Gasteiger partial charge in [-0.05, 0) is 53.9 Å². The Morgan fingerprint density at radius 3 is 1.75 bits per heavy atom. The molecule has 0 nitrogen and oxygen atoms in total. The zero-order valence-corrected chi connectivity index (χ0v) is 15.0. The Morgan fingerprint density at radius 2 is 1.35 bits per heavy atom. The number of hydrogen-bond donors (Lipinski definition) is 0. The van der Waals surface area contributed by atoms with Gasteiger partial charge >= 0.3 is 0 Å². The Balaban J connectivity index is 0.00000172. The zero-order valence-electron chi connectivity index (χ0n) is 15.0. The minimum absolute atomic E-state index is 0.506. The first kappa shape index (κ1) is 19.0. The molecule has 0 spiro atoms. The van der Waals surface area contributed by atoms with E-state index in [1.807, 2.05) is 13.8 Å². The van der Waals surface area contributed by atoms with Crippen LogP contribution in [0.1, 0.15) is 95.4 Å². The van der Waals surface area contributed by atoms with Crippen LogP contribution in [0.2, 0.25) is 0 Å². The molecule has 0 saturated carbocycles. The maximum Gasteiger partial charge on any atom is -0.000772 e. The second-order valence-corrected chi connectivity index (χ2v) is 5.95. The van der Waals surface area contributed by atoms with Crippen LogP contribution in [0.3, 0.4) is 0 Å². The highest BCUT2D eigenvalue weighted by Crippen LogP contribution is 2.31. The summed E-state index contributed by atoms with van der Waals surface area (Å²) in [5, 5.41) is 0. The molecule has 1 rings (SSSR count). The van der Waals surface area contributed by atoms with Crippen molar-refractivity contribution >= 4 is 0 Å². The minimum atomic E-state index is 0.506. The molecule has 1 aromatic rings. The molecule has 1 atom stereocenters. The largest absolute Gasteiger partial charge is 0.0911 e. The van der Waals surface area contributed by atoms with Crippen molar-refractivity contribution in [3.63, 3.8) is 0 Å². The predicted molar refractivity (Wildman–Crippen MR) is 93.9 cm³/mol. The van der Waals surface area contributed by atoms with Crippen molar-refractivity contribution in [2.45, 2.75) is 80.1 Å². The third-order valence-electron chi connectivity index (χ3n) is 3.77. The highest BCUT2D eigenvalue weighted by molar-refractivity contribution is 5.44. The monoisotopic (exact) mass is 274 g/mol. The van der Waals surface area contributed by atoms with Crippen LogP contribution in [0.5, 0.6) is 0 Å². The fourth-order valence-electron chi connectivity index (χ4n) is 2.58. The Labute approximate surface area is 127 Å². The maximum atomic E-state index is 2.40. The van der Waals surface area contributed by atoms with Crippen LogP contribution in [0.15, 0.2) is 24.3 Å². The lowest BCUT2D eigenvalue weighted by Gasteiger charge is -2.21. The molecule has 0 aliphatic rings. The first-order chi connectivity index (χ1) is 9.38. The van der Waals surface area contributed by atoms with E-state index < -0.39 is 0 Å². The third-order valence-corrected chi connectivity index (χ3v) is 3.77. The topological polar surface area (TPSA) is 0 Å². The summed E-state index contributed by atoms with van der Waals surface area (Å²) in [7, 11) is 0. The van der Waals surface area contributed by atoms with E-state index in [4.69, 9.17) is 0 Å². The number of benzene rings is 1. The van der Waals surface area contributed by atoms with Crippen LogP contribution in [-0.4, -0.2) is 0 Å². The van der Waals surface area contributed by atoms with Gasteiger partial charge in [-0.15, -0.1) is 0 Å². The molecule has 0 aliphatic carbocycles. The average molecular weight is 274 g/mol. The summed E-state index contributed by atoms with van der Waals surface area (Å²) < 4.78 is 0. The third kappa shape index (κ3) is 4.81. The second kappa shape index (κ2) is 9.00. The van der Waals surface area contributed by atoms with Gasteiger partial charge in [0.1, 0.15) is 0 Å². The van der Waals surface area contributed by atoms with Gasteiger partial charge in [-0.1, -0.05) is 72.8 Å². The van der Waals surface area contributed by atoms with Crippen LogP contribution in [0.25, 0.3) is 0 Å². The summed E-state index contributed by atoms with van der Waals surface area (Å²) in [4.78, 5) is 0. The highest BCUT2D eigenvalue weighted by Gasteiger charge is 2.14. The Bertz CT molecular complexity index is 422. The molecule has 1 unspecified atom stereocenters. The van der Waals surface area contributed by atoms with Crippen molar-refractivity contribution in [1.29, 1.82) is 0 Å². The van der Waals surface area contributed by atoms with Crippen molar-refractivity contribution in [3.05, 3.63) is 46.5 Å². The standard InChI is InChI=1S/C18H28.C2H6/c1-8-9-14(6)18-11-16(12(2)3)10-17(13(4)5)15(18)7;1-2/h8-14H,1-7H3;1-2H3/b9-8+;. The fraction of sp³-hybridized carbons (Fsp3) is 0.600. The summed E-state index contributed by atoms with van der Waals surface area (Å²) in [5.41, 5.74) is 5.94. The zero-order chi connectivity index (χ0) is 15.9. The first-order valence-electron chi connectivity index (χ1n) is 8.15. The van der Waals surface area contributed by atoms with E-state index in [-0.39, 0.29) is 0 Å². The molecule has 0 N–H and O–H groups in total. The summed E-state index contributed by atoms with van der Waals surface area (Å²) in [6.45, 7) is 19.8. The van der Waals surface area contributed by atoms with Crippen LogP contribution in [-0.2, 0) is 0 Å². The van der Waals surface area contributed by atoms with Crippen LogP contribution in [0.4, 0.5) is 0 Å². The molecule has 0 aliphatic heterocycles. The summed E-state index contributed by atoms with van der Waals surface area (Å²) in [6, 6.07) is 4.80. The van der Waals surface area contributed by atoms with Gasteiger partial charge in [-0.25, -0.2) is 0 Å². The first-order valence-corrected chi connectivity index (χ1v) is 8.15. The van der Waals surface area contributed by atoms with Crippen molar-refractivity contribution in [2.24, 2.45) is 0 Å². The molecule has 0 heteroatoms. The van der Waals surface area contributed by atoms with Gasteiger partial charge in [-0.2, -0.15) is 0 Å². The van der Waals surface area contributed by atoms with E-state index in [1.165, 1.54) is 22.3 Å². The fourth-order valence-corrected chi connectivity index (χ4v) is 2.58. The average Bonchev–Trinajstić information content (AvgIpc) is 2.40. The summed E-state index contributed by atoms with van der Waals surface area (Å²) >= 11 is 0. The predicted octanol–water partition coefficient (Wildman–Crippen LogP) is 6.95. The van der Waals surface area contributed by atoms with Gasteiger partial charge in [-0.3, -0.25) is 0 Å². The van der Waals surface area contributed by atoms with Gasteiger partial charge < -0.3 is 0 Å². The molecule has 0 aromatic heterocycles. The Kier molecular flexibility index (Phi) is 8.53. The van der Waals surface area contributed by atoms with Crippen molar-refractivity contribution in [1.82, 2.24) is 0 Å². The lowest BCUT2D eigenvalue weighted by molar-refractivity contribution is 0.809. The van der Waals surface area contributed by atoms with Gasteiger partial charge in [0.05, 0.1) is 0 Å². The Hall–Kier alpha value is -1.04. The molecule has 0 heterocycles. The smallest absolute Gasteiger partial charge is 0.000772 e. The molecular weight excluding hydrogens is 240 g/mol. The van der Waals surface area contributed by atoms with Crippen LogP contribution in [0, 0.1) is 6.92 Å². The SMILES string of the molecule is C/C=C/C(C)c1cc(C(C)C)cc(C(C)C)c1C.CC. The van der Waals surface area contributed by atoms with E-state index in [9.17, 15) is 0 Å². The second-order valence-electron chi connectivity index (χ2n) is 5.95. The molecule has 0 bridgehead atoms. The molecule has 0 fully saturated rings. The lowest BCUT2D eigenvalue weighted by atomic mass is 9.84. The molecule has 0 saturated heterocycles. The Morgan fingerprint density at radius 1 is 0.850 bits per heavy atom. The van der Waals surface area contributed by atoms with Crippen molar-refractivity contribution in [3.8, 4) is 0 Å². The molecule has 114 valence electrons. The summed E-state index contributed by atoms with van der Waals surface area (Å²) in [5.74, 6) is 1.70. The maximum absolute atomic E-state index is 2.40. The molecule has 20 heavy (non-hydrogen) atoms. The number of hydrogen-bond acceptors (Lipinski definition) is 0. The van der Waals surface area contributed by atoms with Gasteiger partial charge in [0.15, 0.2) is 0 Å². The molecule has 0 radical (unpaired) electrons. The van der Waals surface area contributed by atoms with E-state index in [2.05, 4.69) is 72.8 Å². The van der Waals surface area contributed by atoms with Crippen molar-refractivity contribution < 1.29 is 0 Å². The van der Waals surface area contributed by atoms with Gasteiger partial charge in [0.25, 0.3) is 0 Å². The van der Waals surface area contributed by atoms with Gasteiger partial charge in [0.2, 0.25) is 0 Å². The van der Waals surface area contributed by atoms with E-state index in [0.29, 0.717) is 17.8 Å². The van der Waals surface area contributed by atoms with Gasteiger partial charge in [0, 0.05) is 0 Å². The molecule has 0 amide bonds. The summed E-state index contributed by atoms with van der Waals surface area (Å²) in [6.07, 6.45) is 4.44. The number of rotatable bonds is 4. The highest BCUT2D eigenvalue weighted by atomic mass is 14.2. The van der Waals surface area contributed by atoms with E-state index >= 15 is 0 Å². The molecular formula is C20H34. The minimum Gasteiger partial charge on any atom is -0.0911 e. The van der Waals surface area contributed by atoms with Crippen molar-refractivity contribution in [2.75, 3.05) is 0 Å². The molecule has 1 aromatic carbocycles. The van der Waals surface area contributed by atoms with E-state index in [1.54, 1.807) is 0 Å². The lowest BCUT2D eigenvalue weighted by Crippen LogP contribution is -2.03. The van der Waals surface area contributed by atoms with Crippen LogP contribution >= 0.6 is 0 Å².